The highest BCUT2D eigenvalue weighted by Gasteiger charge is 2.28. The number of methoxy groups -OCH3 is 2. The van der Waals surface area contributed by atoms with Gasteiger partial charge in [-0.05, 0) is 75.2 Å². The second kappa shape index (κ2) is 22.3. The Bertz CT molecular complexity index is 1260. The summed E-state index contributed by atoms with van der Waals surface area (Å²) in [6.07, 6.45) is 8.88. The molecule has 0 saturated heterocycles. The monoisotopic (exact) mass is 695 g/mol. The number of benzene rings is 2. The first-order valence-electron chi connectivity index (χ1n) is 18.3. The van der Waals surface area contributed by atoms with Crippen LogP contribution in [0.4, 0.5) is 9.59 Å². The molecule has 2 N–H and O–H groups in total. The van der Waals surface area contributed by atoms with Gasteiger partial charge in [-0.3, -0.25) is 9.69 Å². The van der Waals surface area contributed by atoms with Crippen molar-refractivity contribution in [2.75, 3.05) is 67.0 Å². The number of ketones is 1. The molecule has 0 radical (unpaired) electrons. The summed E-state index contributed by atoms with van der Waals surface area (Å²) < 4.78 is 26.4. The average Bonchev–Trinajstić information content (AvgIpc) is 3.14. The van der Waals surface area contributed by atoms with Gasteiger partial charge in [0.05, 0.1) is 26.4 Å². The fourth-order valence-corrected chi connectivity index (χ4v) is 6.94. The number of carbonyl (C=O) groups excluding carboxylic acids is 3. The van der Waals surface area contributed by atoms with Crippen LogP contribution in [0.1, 0.15) is 79.3 Å². The molecule has 276 valence electrons. The fourth-order valence-electron chi connectivity index (χ4n) is 6.94. The van der Waals surface area contributed by atoms with Crippen molar-refractivity contribution in [3.8, 4) is 0 Å². The van der Waals surface area contributed by atoms with Gasteiger partial charge in [0, 0.05) is 57.1 Å². The quantitative estimate of drug-likeness (QED) is 0.127. The van der Waals surface area contributed by atoms with Crippen molar-refractivity contribution in [2.24, 2.45) is 11.8 Å². The van der Waals surface area contributed by atoms with E-state index < -0.39 is 0 Å². The molecule has 4 rings (SSSR count). The average molecular weight is 696 g/mol. The van der Waals surface area contributed by atoms with Crippen LogP contribution < -0.4 is 10.6 Å². The molecule has 0 unspecified atom stereocenters. The molecular formula is C39H57N3O8. The van der Waals surface area contributed by atoms with Crippen molar-refractivity contribution in [1.82, 2.24) is 15.5 Å². The van der Waals surface area contributed by atoms with Crippen molar-refractivity contribution in [3.63, 3.8) is 0 Å². The zero-order valence-electron chi connectivity index (χ0n) is 29.9. The first kappa shape index (κ1) is 39.3. The van der Waals surface area contributed by atoms with E-state index in [2.05, 4.69) is 15.5 Å². The van der Waals surface area contributed by atoms with E-state index in [1.807, 2.05) is 54.6 Å². The van der Waals surface area contributed by atoms with E-state index in [9.17, 15) is 14.4 Å². The van der Waals surface area contributed by atoms with Crippen molar-refractivity contribution in [1.29, 1.82) is 0 Å². The highest BCUT2D eigenvalue weighted by atomic mass is 16.6. The third kappa shape index (κ3) is 14.4. The van der Waals surface area contributed by atoms with Crippen LogP contribution in [-0.4, -0.2) is 102 Å². The molecule has 50 heavy (non-hydrogen) atoms. The molecule has 0 aliphatic heterocycles. The first-order chi connectivity index (χ1) is 24.4. The standard InChI is InChI=1S/C39H57N3O8/c1-46-22-20-42(29-32-8-14-34(15-9-32)37(43)33-6-4-3-5-7-33)21-23-49-38(44)40-35-16-10-30(11-17-35)28-31-12-18-36(19-13-31)41-39(45)50-27-26-48-25-24-47-2/h3-9,14-15,30-31,35-36H,10-13,16-29H2,1-2H3,(H,40,44)(H,41,45). The van der Waals surface area contributed by atoms with Crippen LogP contribution in [0, 0.1) is 11.8 Å². The molecule has 11 nitrogen and oxygen atoms in total. The largest absolute Gasteiger partial charge is 0.448 e. The molecular weight excluding hydrogens is 638 g/mol. The van der Waals surface area contributed by atoms with Crippen molar-refractivity contribution >= 4 is 18.0 Å². The Balaban J connectivity index is 1.07. The highest BCUT2D eigenvalue weighted by molar-refractivity contribution is 6.08. The van der Waals surface area contributed by atoms with Crippen LogP contribution in [0.5, 0.6) is 0 Å². The number of hydrogen-bond donors (Lipinski definition) is 2. The predicted octanol–water partition coefficient (Wildman–Crippen LogP) is 5.99. The minimum Gasteiger partial charge on any atom is -0.448 e. The Morgan fingerprint density at radius 2 is 1.14 bits per heavy atom. The van der Waals surface area contributed by atoms with Crippen LogP contribution in [0.3, 0.4) is 0 Å². The normalized spacial score (nSPS) is 20.6. The molecule has 0 bridgehead atoms. The summed E-state index contributed by atoms with van der Waals surface area (Å²) in [5, 5.41) is 6.10. The van der Waals surface area contributed by atoms with Gasteiger partial charge in [0.1, 0.15) is 13.2 Å². The third-order valence-electron chi connectivity index (χ3n) is 9.81. The van der Waals surface area contributed by atoms with Gasteiger partial charge in [-0.25, -0.2) is 9.59 Å². The van der Waals surface area contributed by atoms with E-state index in [0.717, 1.165) is 56.9 Å². The number of rotatable bonds is 20. The minimum atomic E-state index is -0.364. The lowest BCUT2D eigenvalue weighted by Gasteiger charge is -2.34. The lowest BCUT2D eigenvalue weighted by molar-refractivity contribution is 0.0410. The molecule has 2 saturated carbocycles. The maximum Gasteiger partial charge on any atom is 0.407 e. The van der Waals surface area contributed by atoms with Gasteiger partial charge in [-0.1, -0.05) is 54.6 Å². The molecule has 0 heterocycles. The Labute approximate surface area is 297 Å². The van der Waals surface area contributed by atoms with Crippen LogP contribution in [0.25, 0.3) is 0 Å². The second-order valence-electron chi connectivity index (χ2n) is 13.5. The summed E-state index contributed by atoms with van der Waals surface area (Å²) in [5.41, 5.74) is 2.41. The zero-order chi connectivity index (χ0) is 35.4. The van der Waals surface area contributed by atoms with E-state index >= 15 is 0 Å². The van der Waals surface area contributed by atoms with Gasteiger partial charge >= 0.3 is 12.2 Å². The van der Waals surface area contributed by atoms with Gasteiger partial charge in [0.2, 0.25) is 0 Å². The van der Waals surface area contributed by atoms with Crippen molar-refractivity contribution in [2.45, 2.75) is 76.4 Å². The SMILES string of the molecule is COCCOCCOC(=O)NC1CCC(CC2CCC(NC(=O)OCCN(CCOC)Cc3ccc(C(=O)c4ccccc4)cc3)CC2)CC1. The molecule has 0 spiro atoms. The summed E-state index contributed by atoms with van der Waals surface area (Å²) >= 11 is 0. The molecule has 2 amide bonds. The number of nitrogens with zero attached hydrogens (tertiary/aromatic N) is 1. The summed E-state index contributed by atoms with van der Waals surface area (Å²) in [6, 6.07) is 17.3. The zero-order valence-corrected chi connectivity index (χ0v) is 29.9. The minimum absolute atomic E-state index is 0.00586. The number of amides is 2. The lowest BCUT2D eigenvalue weighted by atomic mass is 9.76. The molecule has 2 aromatic carbocycles. The summed E-state index contributed by atoms with van der Waals surface area (Å²) in [6.45, 7) is 4.43. The van der Waals surface area contributed by atoms with Gasteiger partial charge in [-0.2, -0.15) is 0 Å². The molecule has 2 aromatic rings. The fraction of sp³-hybridized carbons (Fsp3) is 0.615. The van der Waals surface area contributed by atoms with Crippen molar-refractivity contribution < 1.29 is 38.1 Å². The predicted molar refractivity (Wildman–Crippen MR) is 191 cm³/mol. The third-order valence-corrected chi connectivity index (χ3v) is 9.81. The molecule has 2 aliphatic rings. The number of nitrogens with one attached hydrogen (secondary N) is 2. The lowest BCUT2D eigenvalue weighted by Crippen LogP contribution is -2.40. The van der Waals surface area contributed by atoms with Crippen LogP contribution in [0.2, 0.25) is 0 Å². The van der Waals surface area contributed by atoms with E-state index in [1.165, 1.54) is 6.42 Å². The number of hydrogen-bond acceptors (Lipinski definition) is 9. The van der Waals surface area contributed by atoms with Gasteiger partial charge in [0.15, 0.2) is 5.78 Å². The van der Waals surface area contributed by atoms with Gasteiger partial charge in [-0.15, -0.1) is 0 Å². The Hall–Kier alpha value is -3.51. The van der Waals surface area contributed by atoms with E-state index in [0.29, 0.717) is 69.0 Å². The maximum atomic E-state index is 12.7. The van der Waals surface area contributed by atoms with Crippen molar-refractivity contribution in [3.05, 3.63) is 71.3 Å². The second-order valence-corrected chi connectivity index (χ2v) is 13.5. The van der Waals surface area contributed by atoms with Crippen LogP contribution >= 0.6 is 0 Å². The molecule has 11 heteroatoms. The summed E-state index contributed by atoms with van der Waals surface area (Å²) in [7, 11) is 3.30. The smallest absolute Gasteiger partial charge is 0.407 e. The number of carbonyl (C=O) groups is 3. The van der Waals surface area contributed by atoms with Gasteiger partial charge in [0.25, 0.3) is 0 Å². The summed E-state index contributed by atoms with van der Waals surface area (Å²) in [5.74, 6) is 1.38. The van der Waals surface area contributed by atoms with Crippen LogP contribution in [-0.2, 0) is 30.2 Å². The number of alkyl carbamates (subject to hydrolysis) is 2. The Morgan fingerprint density at radius 1 is 0.620 bits per heavy atom. The Morgan fingerprint density at radius 3 is 1.72 bits per heavy atom. The first-order valence-corrected chi connectivity index (χ1v) is 18.3. The topological polar surface area (TPSA) is 125 Å². The number of ether oxygens (including phenoxy) is 5. The molecule has 0 atom stereocenters. The van der Waals surface area contributed by atoms with Gasteiger partial charge < -0.3 is 34.3 Å². The van der Waals surface area contributed by atoms with E-state index in [1.54, 1.807) is 14.2 Å². The molecule has 2 aliphatic carbocycles. The Kier molecular flexibility index (Phi) is 17.5. The van der Waals surface area contributed by atoms with E-state index in [-0.39, 0.29) is 43.3 Å². The highest BCUT2D eigenvalue weighted by Crippen LogP contribution is 2.35. The van der Waals surface area contributed by atoms with Crippen LogP contribution in [0.15, 0.2) is 54.6 Å². The molecule has 0 aromatic heterocycles. The van der Waals surface area contributed by atoms with E-state index in [4.69, 9.17) is 23.7 Å². The summed E-state index contributed by atoms with van der Waals surface area (Å²) in [4.78, 5) is 39.7. The molecule has 2 fully saturated rings. The maximum absolute atomic E-state index is 12.7.